The van der Waals surface area contributed by atoms with Crippen LogP contribution < -0.4 is 5.73 Å². The number of ether oxygens (including phenoxy) is 1. The molecule has 0 aliphatic heterocycles. The van der Waals surface area contributed by atoms with Gasteiger partial charge in [0, 0.05) is 24.2 Å². The first-order valence-corrected chi connectivity index (χ1v) is 5.02. The smallest absolute Gasteiger partial charge is 0.126 e. The summed E-state index contributed by atoms with van der Waals surface area (Å²) < 4.78 is 18.1. The number of pyridine rings is 1. The number of anilines is 1. The largest absolute Gasteiger partial charge is 0.398 e. The zero-order valence-corrected chi connectivity index (χ0v) is 9.38. The van der Waals surface area contributed by atoms with Crippen LogP contribution in [0.15, 0.2) is 18.2 Å². The average Bonchev–Trinajstić information content (AvgIpc) is 2.15. The number of halogens is 2. The van der Waals surface area contributed by atoms with Crippen LogP contribution in [0.5, 0.6) is 0 Å². The molecular weight excluding hydrogens is 231 g/mol. The number of nitrogens with zero attached hydrogens (tertiary/aromatic N) is 1. The lowest BCUT2D eigenvalue weighted by atomic mass is 10.1. The molecule has 0 spiro atoms. The van der Waals surface area contributed by atoms with E-state index in [9.17, 15) is 4.39 Å². The van der Waals surface area contributed by atoms with E-state index in [-0.39, 0.29) is 5.02 Å². The average molecular weight is 241 g/mol. The van der Waals surface area contributed by atoms with Gasteiger partial charge in [0.15, 0.2) is 0 Å². The van der Waals surface area contributed by atoms with Gasteiger partial charge in [-0.15, -0.1) is 0 Å². The second-order valence-corrected chi connectivity index (χ2v) is 3.82. The Morgan fingerprint density at radius 1 is 1.44 bits per heavy atom. The first kappa shape index (κ1) is 11.1. The standard InChI is InChI=1S/C11H10ClFN2O/c1-16-5-7-4-9(14)11-8(12)2-6(13)3-10(11)15-7/h2-4H,5H2,1H3,(H2,14,15). The molecule has 0 atom stereocenters. The molecule has 0 unspecified atom stereocenters. The predicted octanol–water partition coefficient (Wildman–Crippen LogP) is 2.76. The third-order valence-electron chi connectivity index (χ3n) is 2.20. The molecule has 0 bridgehead atoms. The number of nitrogens with two attached hydrogens (primary N) is 1. The highest BCUT2D eigenvalue weighted by Crippen LogP contribution is 2.29. The molecule has 0 radical (unpaired) electrons. The molecule has 0 aliphatic carbocycles. The minimum Gasteiger partial charge on any atom is -0.398 e. The zero-order chi connectivity index (χ0) is 11.7. The van der Waals surface area contributed by atoms with Gasteiger partial charge in [0.05, 0.1) is 22.8 Å². The Hall–Kier alpha value is -1.39. The van der Waals surface area contributed by atoms with Crippen LogP contribution in [-0.4, -0.2) is 12.1 Å². The van der Waals surface area contributed by atoms with E-state index in [4.69, 9.17) is 22.1 Å². The molecule has 2 aromatic rings. The van der Waals surface area contributed by atoms with Gasteiger partial charge in [0.25, 0.3) is 0 Å². The number of fused-ring (bicyclic) bond motifs is 1. The molecule has 84 valence electrons. The number of hydrogen-bond donors (Lipinski definition) is 1. The lowest BCUT2D eigenvalue weighted by molar-refractivity contribution is 0.182. The van der Waals surface area contributed by atoms with Crippen LogP contribution in [0.3, 0.4) is 0 Å². The third-order valence-corrected chi connectivity index (χ3v) is 2.50. The fourth-order valence-corrected chi connectivity index (χ4v) is 1.90. The van der Waals surface area contributed by atoms with Crippen molar-refractivity contribution in [2.75, 3.05) is 12.8 Å². The molecule has 16 heavy (non-hydrogen) atoms. The molecule has 0 saturated carbocycles. The van der Waals surface area contributed by atoms with Gasteiger partial charge in [0.1, 0.15) is 5.82 Å². The van der Waals surface area contributed by atoms with E-state index in [1.165, 1.54) is 12.1 Å². The molecule has 2 N–H and O–H groups in total. The minimum absolute atomic E-state index is 0.268. The minimum atomic E-state index is -0.432. The van der Waals surface area contributed by atoms with Crippen LogP contribution in [-0.2, 0) is 11.3 Å². The molecule has 3 nitrogen and oxygen atoms in total. The van der Waals surface area contributed by atoms with Gasteiger partial charge in [-0.2, -0.15) is 0 Å². The Morgan fingerprint density at radius 3 is 2.88 bits per heavy atom. The van der Waals surface area contributed by atoms with Crippen molar-refractivity contribution in [3.8, 4) is 0 Å². The lowest BCUT2D eigenvalue weighted by Gasteiger charge is -2.07. The quantitative estimate of drug-likeness (QED) is 0.878. The Kier molecular flexibility index (Phi) is 2.94. The summed E-state index contributed by atoms with van der Waals surface area (Å²) in [5, 5.41) is 0.840. The van der Waals surface area contributed by atoms with Gasteiger partial charge < -0.3 is 10.5 Å². The molecule has 2 rings (SSSR count). The maximum Gasteiger partial charge on any atom is 0.126 e. The van der Waals surface area contributed by atoms with Crippen molar-refractivity contribution in [2.45, 2.75) is 6.61 Å². The van der Waals surface area contributed by atoms with E-state index >= 15 is 0 Å². The molecular formula is C11H10ClFN2O. The highest BCUT2D eigenvalue weighted by molar-refractivity contribution is 6.36. The van der Waals surface area contributed by atoms with E-state index in [0.717, 1.165) is 0 Å². The SMILES string of the molecule is COCc1cc(N)c2c(Cl)cc(F)cc2n1. The van der Waals surface area contributed by atoms with Gasteiger partial charge in [-0.25, -0.2) is 4.39 Å². The van der Waals surface area contributed by atoms with Crippen molar-refractivity contribution in [2.24, 2.45) is 0 Å². The number of hydrogen-bond acceptors (Lipinski definition) is 3. The van der Waals surface area contributed by atoms with Gasteiger partial charge in [-0.05, 0) is 12.1 Å². The fourth-order valence-electron chi connectivity index (χ4n) is 1.59. The number of aromatic nitrogens is 1. The monoisotopic (exact) mass is 240 g/mol. The van der Waals surface area contributed by atoms with Crippen molar-refractivity contribution >= 4 is 28.2 Å². The van der Waals surface area contributed by atoms with Crippen LogP contribution >= 0.6 is 11.6 Å². The predicted molar refractivity (Wildman–Crippen MR) is 61.8 cm³/mol. The summed E-state index contributed by atoms with van der Waals surface area (Å²) in [6.07, 6.45) is 0. The van der Waals surface area contributed by atoms with Crippen molar-refractivity contribution in [1.82, 2.24) is 4.98 Å². The summed E-state index contributed by atoms with van der Waals surface area (Å²) in [5.41, 5.74) is 7.40. The Balaban J connectivity index is 2.71. The van der Waals surface area contributed by atoms with Crippen LogP contribution in [0.25, 0.3) is 10.9 Å². The number of nitrogen functional groups attached to an aromatic ring is 1. The van der Waals surface area contributed by atoms with E-state index in [2.05, 4.69) is 4.98 Å². The van der Waals surface area contributed by atoms with E-state index in [0.29, 0.717) is 28.9 Å². The molecule has 1 aromatic heterocycles. The van der Waals surface area contributed by atoms with Gasteiger partial charge in [-0.3, -0.25) is 4.98 Å². The van der Waals surface area contributed by atoms with Crippen LogP contribution in [0.2, 0.25) is 5.02 Å². The normalized spacial score (nSPS) is 10.9. The number of rotatable bonds is 2. The molecule has 0 saturated heterocycles. The van der Waals surface area contributed by atoms with Gasteiger partial charge in [-0.1, -0.05) is 11.6 Å². The van der Waals surface area contributed by atoms with E-state index in [1.807, 2.05) is 0 Å². The summed E-state index contributed by atoms with van der Waals surface area (Å²) in [5.74, 6) is -0.432. The van der Waals surface area contributed by atoms with Crippen LogP contribution in [0.1, 0.15) is 5.69 Å². The Labute approximate surface area is 97.0 Å². The van der Waals surface area contributed by atoms with Crippen molar-refractivity contribution in [1.29, 1.82) is 0 Å². The van der Waals surface area contributed by atoms with Gasteiger partial charge >= 0.3 is 0 Å². The summed E-state index contributed by atoms with van der Waals surface area (Å²) in [7, 11) is 1.56. The molecule has 5 heteroatoms. The number of benzene rings is 1. The molecule has 1 aromatic carbocycles. The first-order chi connectivity index (χ1) is 7.61. The van der Waals surface area contributed by atoms with Crippen molar-refractivity contribution in [3.63, 3.8) is 0 Å². The Morgan fingerprint density at radius 2 is 2.19 bits per heavy atom. The first-order valence-electron chi connectivity index (χ1n) is 4.65. The maximum absolute atomic E-state index is 13.2. The summed E-state index contributed by atoms with van der Waals surface area (Å²) in [6, 6.07) is 4.20. The molecule has 0 fully saturated rings. The topological polar surface area (TPSA) is 48.1 Å². The summed E-state index contributed by atoms with van der Waals surface area (Å²) in [6.45, 7) is 0.328. The van der Waals surface area contributed by atoms with Crippen molar-refractivity contribution < 1.29 is 9.13 Å². The highest BCUT2D eigenvalue weighted by Gasteiger charge is 2.09. The maximum atomic E-state index is 13.2. The lowest BCUT2D eigenvalue weighted by Crippen LogP contribution is -1.98. The zero-order valence-electron chi connectivity index (χ0n) is 8.63. The Bertz CT molecular complexity index is 545. The molecule has 0 aliphatic rings. The second-order valence-electron chi connectivity index (χ2n) is 3.42. The van der Waals surface area contributed by atoms with E-state index < -0.39 is 5.82 Å². The molecule has 0 amide bonds. The van der Waals surface area contributed by atoms with Crippen LogP contribution in [0.4, 0.5) is 10.1 Å². The van der Waals surface area contributed by atoms with Crippen molar-refractivity contribution in [3.05, 3.63) is 34.7 Å². The molecule has 1 heterocycles. The second kappa shape index (κ2) is 4.23. The highest BCUT2D eigenvalue weighted by atomic mass is 35.5. The fraction of sp³-hybridized carbons (Fsp3) is 0.182. The van der Waals surface area contributed by atoms with Gasteiger partial charge in [0.2, 0.25) is 0 Å². The van der Waals surface area contributed by atoms with Crippen LogP contribution in [0, 0.1) is 5.82 Å². The third kappa shape index (κ3) is 1.94. The number of methoxy groups -OCH3 is 1. The summed E-state index contributed by atoms with van der Waals surface area (Å²) in [4.78, 5) is 4.22. The van der Waals surface area contributed by atoms with E-state index in [1.54, 1.807) is 13.2 Å². The summed E-state index contributed by atoms with van der Waals surface area (Å²) >= 11 is 5.91.